The van der Waals surface area contributed by atoms with Crippen molar-refractivity contribution in [2.24, 2.45) is 0 Å². The van der Waals surface area contributed by atoms with Crippen LogP contribution >= 0.6 is 0 Å². The smallest absolute Gasteiger partial charge is 0.124 e. The molecule has 2 heterocycles. The summed E-state index contributed by atoms with van der Waals surface area (Å²) in [4.78, 5) is 2.40. The van der Waals surface area contributed by atoms with Crippen LogP contribution in [0.25, 0.3) is 0 Å². The zero-order chi connectivity index (χ0) is 11.5. The average molecular weight is 222 g/mol. The Hall–Kier alpha value is -1.03. The van der Waals surface area contributed by atoms with E-state index in [1.165, 1.54) is 6.42 Å². The molecule has 1 aromatic rings. The summed E-state index contributed by atoms with van der Waals surface area (Å²) >= 11 is 0. The van der Waals surface area contributed by atoms with Gasteiger partial charge in [0.2, 0.25) is 0 Å². The summed E-state index contributed by atoms with van der Waals surface area (Å²) in [7, 11) is 2.19. The molecule has 0 amide bonds. The monoisotopic (exact) mass is 222 g/mol. The van der Waals surface area contributed by atoms with Gasteiger partial charge in [-0.15, -0.1) is 0 Å². The molecule has 1 N–H and O–H groups in total. The van der Waals surface area contributed by atoms with Crippen molar-refractivity contribution in [3.8, 4) is 0 Å². The van der Waals surface area contributed by atoms with Gasteiger partial charge in [-0.05, 0) is 26.8 Å². The first-order valence-corrected chi connectivity index (χ1v) is 6.19. The van der Waals surface area contributed by atoms with Gasteiger partial charge in [0.1, 0.15) is 5.82 Å². The quantitative estimate of drug-likeness (QED) is 0.843. The first kappa shape index (κ1) is 11.5. The summed E-state index contributed by atoms with van der Waals surface area (Å²) in [6, 6.07) is 3.31. The maximum absolute atomic E-state index is 4.33. The molecular formula is C12H22N4. The van der Waals surface area contributed by atoms with Crippen LogP contribution in [0.1, 0.15) is 26.7 Å². The molecule has 2 rings (SSSR count). The summed E-state index contributed by atoms with van der Waals surface area (Å²) in [6.07, 6.45) is 4.21. The lowest BCUT2D eigenvalue weighted by molar-refractivity contribution is 0.330. The highest BCUT2D eigenvalue weighted by Crippen LogP contribution is 2.19. The third-order valence-electron chi connectivity index (χ3n) is 3.39. The van der Waals surface area contributed by atoms with E-state index in [0.717, 1.165) is 25.3 Å². The molecule has 0 bridgehead atoms. The van der Waals surface area contributed by atoms with Gasteiger partial charge in [0.05, 0.1) is 6.20 Å². The number of nitrogens with zero attached hydrogens (tertiary/aromatic N) is 3. The molecule has 0 radical (unpaired) electrons. The van der Waals surface area contributed by atoms with E-state index in [4.69, 9.17) is 0 Å². The third-order valence-corrected chi connectivity index (χ3v) is 3.39. The van der Waals surface area contributed by atoms with Gasteiger partial charge in [0.15, 0.2) is 0 Å². The molecule has 0 aromatic carbocycles. The number of hydrogen-bond donors (Lipinski definition) is 1. The summed E-state index contributed by atoms with van der Waals surface area (Å²) in [5.41, 5.74) is 0. The molecule has 2 unspecified atom stereocenters. The zero-order valence-corrected chi connectivity index (χ0v) is 10.5. The second kappa shape index (κ2) is 4.87. The Morgan fingerprint density at radius 2 is 2.38 bits per heavy atom. The SMILES string of the molecule is CCCn1nccc1NC1CC(C)N(C)C1. The Kier molecular flexibility index (Phi) is 3.49. The van der Waals surface area contributed by atoms with E-state index in [-0.39, 0.29) is 0 Å². The summed E-state index contributed by atoms with van der Waals surface area (Å²) in [6.45, 7) is 6.58. The van der Waals surface area contributed by atoms with E-state index >= 15 is 0 Å². The Bertz CT molecular complexity index is 324. The van der Waals surface area contributed by atoms with Gasteiger partial charge in [-0.1, -0.05) is 6.92 Å². The highest BCUT2D eigenvalue weighted by molar-refractivity contribution is 5.35. The molecule has 1 aliphatic rings. The molecule has 4 nitrogen and oxygen atoms in total. The highest BCUT2D eigenvalue weighted by Gasteiger charge is 2.26. The van der Waals surface area contributed by atoms with Crippen molar-refractivity contribution < 1.29 is 0 Å². The number of aryl methyl sites for hydroxylation is 1. The summed E-state index contributed by atoms with van der Waals surface area (Å²) in [5, 5.41) is 7.92. The van der Waals surface area contributed by atoms with Crippen molar-refractivity contribution in [3.05, 3.63) is 12.3 Å². The number of hydrogen-bond acceptors (Lipinski definition) is 3. The van der Waals surface area contributed by atoms with Crippen LogP contribution < -0.4 is 5.32 Å². The molecular weight excluding hydrogens is 200 g/mol. The minimum atomic E-state index is 0.562. The standard InChI is InChI=1S/C12H22N4/c1-4-7-16-12(5-6-13-16)14-11-8-10(2)15(3)9-11/h5-6,10-11,14H,4,7-9H2,1-3H3. The van der Waals surface area contributed by atoms with E-state index < -0.39 is 0 Å². The lowest BCUT2D eigenvalue weighted by Gasteiger charge is -2.15. The summed E-state index contributed by atoms with van der Waals surface area (Å²) in [5.74, 6) is 1.16. The molecule has 1 saturated heterocycles. The fourth-order valence-electron chi connectivity index (χ4n) is 2.35. The zero-order valence-electron chi connectivity index (χ0n) is 10.5. The Labute approximate surface area is 97.6 Å². The topological polar surface area (TPSA) is 33.1 Å². The maximum atomic E-state index is 4.33. The second-order valence-electron chi connectivity index (χ2n) is 4.81. The van der Waals surface area contributed by atoms with Gasteiger partial charge >= 0.3 is 0 Å². The number of anilines is 1. The van der Waals surface area contributed by atoms with Crippen molar-refractivity contribution in [3.63, 3.8) is 0 Å². The molecule has 4 heteroatoms. The van der Waals surface area contributed by atoms with E-state index in [0.29, 0.717) is 12.1 Å². The van der Waals surface area contributed by atoms with Crippen molar-refractivity contribution in [1.29, 1.82) is 0 Å². The van der Waals surface area contributed by atoms with Crippen LogP contribution in [0, 0.1) is 0 Å². The van der Waals surface area contributed by atoms with Crippen LogP contribution in [0.15, 0.2) is 12.3 Å². The lowest BCUT2D eigenvalue weighted by atomic mass is 10.2. The second-order valence-corrected chi connectivity index (χ2v) is 4.81. The van der Waals surface area contributed by atoms with Crippen LogP contribution in [0.5, 0.6) is 0 Å². The van der Waals surface area contributed by atoms with E-state index in [1.807, 2.05) is 6.20 Å². The minimum Gasteiger partial charge on any atom is -0.366 e. The van der Waals surface area contributed by atoms with Gasteiger partial charge in [-0.25, -0.2) is 4.68 Å². The molecule has 1 aliphatic heterocycles. The molecule has 2 atom stereocenters. The average Bonchev–Trinajstić information content (AvgIpc) is 2.77. The van der Waals surface area contributed by atoms with Crippen molar-refractivity contribution in [2.45, 2.75) is 45.3 Å². The largest absolute Gasteiger partial charge is 0.366 e. The molecule has 1 fully saturated rings. The number of likely N-dealkylation sites (N-methyl/N-ethyl adjacent to an activating group) is 1. The predicted molar refractivity (Wildman–Crippen MR) is 66.6 cm³/mol. The van der Waals surface area contributed by atoms with Crippen molar-refractivity contribution in [1.82, 2.24) is 14.7 Å². The summed E-state index contributed by atoms with van der Waals surface area (Å²) < 4.78 is 2.06. The van der Waals surface area contributed by atoms with Gasteiger partial charge < -0.3 is 10.2 Å². The Morgan fingerprint density at radius 3 is 3.00 bits per heavy atom. The molecule has 16 heavy (non-hydrogen) atoms. The Morgan fingerprint density at radius 1 is 1.56 bits per heavy atom. The normalized spacial score (nSPS) is 26.2. The highest BCUT2D eigenvalue weighted by atomic mass is 15.3. The number of likely N-dealkylation sites (tertiary alicyclic amines) is 1. The van der Waals surface area contributed by atoms with Gasteiger partial charge in [0.25, 0.3) is 0 Å². The number of rotatable bonds is 4. The Balaban J connectivity index is 1.96. The van der Waals surface area contributed by atoms with Gasteiger partial charge in [0, 0.05) is 31.2 Å². The first-order chi connectivity index (χ1) is 7.70. The molecule has 0 aliphatic carbocycles. The van der Waals surface area contributed by atoms with Crippen molar-refractivity contribution in [2.75, 3.05) is 18.9 Å². The lowest BCUT2D eigenvalue weighted by Crippen LogP contribution is -2.25. The van der Waals surface area contributed by atoms with Crippen LogP contribution in [0.3, 0.4) is 0 Å². The van der Waals surface area contributed by atoms with E-state index in [9.17, 15) is 0 Å². The minimum absolute atomic E-state index is 0.562. The van der Waals surface area contributed by atoms with Crippen LogP contribution in [0.2, 0.25) is 0 Å². The van der Waals surface area contributed by atoms with Crippen LogP contribution in [0.4, 0.5) is 5.82 Å². The molecule has 1 aromatic heterocycles. The fraction of sp³-hybridized carbons (Fsp3) is 0.750. The van der Waals surface area contributed by atoms with Gasteiger partial charge in [-0.2, -0.15) is 5.10 Å². The van der Waals surface area contributed by atoms with Crippen molar-refractivity contribution >= 4 is 5.82 Å². The third kappa shape index (κ3) is 2.38. The first-order valence-electron chi connectivity index (χ1n) is 6.19. The number of nitrogens with one attached hydrogen (secondary N) is 1. The maximum Gasteiger partial charge on any atom is 0.124 e. The molecule has 0 saturated carbocycles. The fourth-order valence-corrected chi connectivity index (χ4v) is 2.35. The number of aromatic nitrogens is 2. The van der Waals surface area contributed by atoms with Crippen LogP contribution in [-0.2, 0) is 6.54 Å². The molecule has 90 valence electrons. The van der Waals surface area contributed by atoms with E-state index in [2.05, 4.69) is 47.0 Å². The van der Waals surface area contributed by atoms with Gasteiger partial charge in [-0.3, -0.25) is 0 Å². The molecule has 0 spiro atoms. The van der Waals surface area contributed by atoms with Crippen LogP contribution in [-0.4, -0.2) is 40.4 Å². The van der Waals surface area contributed by atoms with E-state index in [1.54, 1.807) is 0 Å². The predicted octanol–water partition coefficient (Wildman–Crippen LogP) is 1.80.